The number of fused-ring (bicyclic) bond motifs is 1. The number of aromatic nitrogens is 2. The number of carbonyl (C=O) groups excluding carboxylic acids is 1. The first kappa shape index (κ1) is 19.5. The number of rotatable bonds is 6. The lowest BCUT2D eigenvalue weighted by Crippen LogP contribution is -2.34. The maximum absolute atomic E-state index is 11.7. The fourth-order valence-electron chi connectivity index (χ4n) is 3.43. The maximum atomic E-state index is 11.7. The van der Waals surface area contributed by atoms with Crippen LogP contribution in [0.5, 0.6) is 0 Å². The molecule has 2 amide bonds. The minimum atomic E-state index is -0.0954. The molecule has 0 saturated heterocycles. The van der Waals surface area contributed by atoms with Crippen molar-refractivity contribution in [2.24, 2.45) is 0 Å². The zero-order chi connectivity index (χ0) is 19.4. The summed E-state index contributed by atoms with van der Waals surface area (Å²) < 4.78 is 7.86. The summed E-state index contributed by atoms with van der Waals surface area (Å²) in [6, 6.07) is 6.15. The summed E-state index contributed by atoms with van der Waals surface area (Å²) in [5.41, 5.74) is 2.14. The molecule has 0 aromatic carbocycles. The Morgan fingerprint density at radius 3 is 2.89 bits per heavy atom. The molecule has 1 N–H and O–H groups in total. The summed E-state index contributed by atoms with van der Waals surface area (Å²) in [5, 5.41) is 7.55. The van der Waals surface area contributed by atoms with E-state index in [-0.39, 0.29) is 6.03 Å². The predicted octanol–water partition coefficient (Wildman–Crippen LogP) is 2.96. The lowest BCUT2D eigenvalue weighted by Gasteiger charge is -2.21. The molecule has 1 aliphatic heterocycles. The molecule has 2 aromatic heterocycles. The molecule has 7 heteroatoms. The lowest BCUT2D eigenvalue weighted by atomic mass is 10.0. The van der Waals surface area contributed by atoms with Crippen LogP contribution in [-0.2, 0) is 19.6 Å². The molecule has 0 saturated carbocycles. The van der Waals surface area contributed by atoms with Crippen LogP contribution in [-0.4, -0.2) is 52.8 Å². The third-order valence-corrected chi connectivity index (χ3v) is 5.10. The Hall–Kier alpha value is -2.28. The summed E-state index contributed by atoms with van der Waals surface area (Å²) in [6.07, 6.45) is 2.17. The number of carbonyl (C=O) groups is 1. The molecule has 3 rings (SSSR count). The van der Waals surface area contributed by atoms with Gasteiger partial charge in [-0.25, -0.2) is 4.79 Å². The molecule has 2 aromatic rings. The zero-order valence-electron chi connectivity index (χ0n) is 16.9. The zero-order valence-corrected chi connectivity index (χ0v) is 16.9. The molecule has 148 valence electrons. The van der Waals surface area contributed by atoms with Gasteiger partial charge < -0.3 is 14.6 Å². The molecule has 1 atom stereocenters. The molecular formula is C20H31N5O2. The SMILES string of the molecule is Cc1ccc(C(C)CCN2CCCn3nc(CNC(=O)N(C)C)cc3C2)o1. The fraction of sp³-hybridized carbons (Fsp3) is 0.600. The maximum Gasteiger partial charge on any atom is 0.317 e. The Labute approximate surface area is 161 Å². The highest BCUT2D eigenvalue weighted by atomic mass is 16.3. The molecule has 1 aliphatic rings. The lowest BCUT2D eigenvalue weighted by molar-refractivity contribution is 0.217. The number of hydrogen-bond acceptors (Lipinski definition) is 4. The van der Waals surface area contributed by atoms with Gasteiger partial charge in [0.1, 0.15) is 11.5 Å². The summed E-state index contributed by atoms with van der Waals surface area (Å²) in [6.45, 7) is 8.64. The van der Waals surface area contributed by atoms with Gasteiger partial charge in [-0.15, -0.1) is 0 Å². The van der Waals surface area contributed by atoms with Crippen LogP contribution in [0.2, 0.25) is 0 Å². The molecule has 0 aliphatic carbocycles. The van der Waals surface area contributed by atoms with Gasteiger partial charge in [-0.05, 0) is 44.5 Å². The van der Waals surface area contributed by atoms with Crippen LogP contribution in [0.3, 0.4) is 0 Å². The number of aryl methyl sites for hydroxylation is 2. The first-order valence-corrected chi connectivity index (χ1v) is 9.72. The van der Waals surface area contributed by atoms with Crippen molar-refractivity contribution >= 4 is 6.03 Å². The van der Waals surface area contributed by atoms with Crippen LogP contribution in [0.4, 0.5) is 4.79 Å². The van der Waals surface area contributed by atoms with Gasteiger partial charge in [-0.1, -0.05) is 6.92 Å². The van der Waals surface area contributed by atoms with Crippen molar-refractivity contribution in [1.29, 1.82) is 0 Å². The first-order valence-electron chi connectivity index (χ1n) is 9.72. The molecule has 0 spiro atoms. The van der Waals surface area contributed by atoms with Crippen molar-refractivity contribution in [3.8, 4) is 0 Å². The van der Waals surface area contributed by atoms with Crippen molar-refractivity contribution in [2.45, 2.75) is 52.2 Å². The Morgan fingerprint density at radius 1 is 1.37 bits per heavy atom. The molecule has 1 unspecified atom stereocenters. The number of nitrogens with one attached hydrogen (secondary N) is 1. The van der Waals surface area contributed by atoms with E-state index >= 15 is 0 Å². The molecule has 3 heterocycles. The van der Waals surface area contributed by atoms with E-state index in [4.69, 9.17) is 4.42 Å². The van der Waals surface area contributed by atoms with E-state index in [2.05, 4.69) is 39.1 Å². The van der Waals surface area contributed by atoms with Crippen molar-refractivity contribution in [3.05, 3.63) is 41.1 Å². The second-order valence-corrected chi connectivity index (χ2v) is 7.67. The fourth-order valence-corrected chi connectivity index (χ4v) is 3.43. The Morgan fingerprint density at radius 2 is 2.19 bits per heavy atom. The highest BCUT2D eigenvalue weighted by molar-refractivity contribution is 5.73. The van der Waals surface area contributed by atoms with E-state index in [0.717, 1.165) is 56.2 Å². The minimum absolute atomic E-state index is 0.0954. The minimum Gasteiger partial charge on any atom is -0.466 e. The second kappa shape index (κ2) is 8.61. The van der Waals surface area contributed by atoms with Crippen molar-refractivity contribution in [1.82, 2.24) is 24.9 Å². The van der Waals surface area contributed by atoms with Gasteiger partial charge in [0.05, 0.1) is 17.9 Å². The van der Waals surface area contributed by atoms with Crippen molar-refractivity contribution in [2.75, 3.05) is 27.2 Å². The second-order valence-electron chi connectivity index (χ2n) is 7.67. The topological polar surface area (TPSA) is 66.5 Å². The van der Waals surface area contributed by atoms with Crippen LogP contribution >= 0.6 is 0 Å². The smallest absolute Gasteiger partial charge is 0.317 e. The average Bonchev–Trinajstić information content (AvgIpc) is 3.18. The van der Waals surface area contributed by atoms with E-state index in [1.54, 1.807) is 14.1 Å². The van der Waals surface area contributed by atoms with E-state index in [1.165, 1.54) is 10.6 Å². The highest BCUT2D eigenvalue weighted by Crippen LogP contribution is 2.23. The first-order chi connectivity index (χ1) is 12.9. The van der Waals surface area contributed by atoms with Crippen molar-refractivity contribution < 1.29 is 9.21 Å². The summed E-state index contributed by atoms with van der Waals surface area (Å²) in [7, 11) is 3.47. The summed E-state index contributed by atoms with van der Waals surface area (Å²) in [5.74, 6) is 2.47. The highest BCUT2D eigenvalue weighted by Gasteiger charge is 2.18. The number of furan rings is 1. The van der Waals surface area contributed by atoms with Crippen LogP contribution in [0.1, 0.15) is 48.6 Å². The number of amides is 2. The van der Waals surface area contributed by atoms with E-state index < -0.39 is 0 Å². The van der Waals surface area contributed by atoms with Crippen LogP contribution in [0, 0.1) is 6.92 Å². The Balaban J connectivity index is 1.54. The van der Waals surface area contributed by atoms with Gasteiger partial charge in [0.25, 0.3) is 0 Å². The monoisotopic (exact) mass is 373 g/mol. The molecule has 0 radical (unpaired) electrons. The van der Waals surface area contributed by atoms with E-state index in [9.17, 15) is 4.79 Å². The third-order valence-electron chi connectivity index (χ3n) is 5.10. The number of urea groups is 1. The molecular weight excluding hydrogens is 342 g/mol. The normalized spacial score (nSPS) is 15.9. The molecule has 0 fully saturated rings. The van der Waals surface area contributed by atoms with Gasteiger partial charge in [0.15, 0.2) is 0 Å². The average molecular weight is 374 g/mol. The van der Waals surface area contributed by atoms with Crippen LogP contribution in [0.15, 0.2) is 22.6 Å². The number of nitrogens with zero attached hydrogens (tertiary/aromatic N) is 4. The van der Waals surface area contributed by atoms with E-state index in [1.807, 2.05) is 13.0 Å². The van der Waals surface area contributed by atoms with Gasteiger partial charge in [0, 0.05) is 39.6 Å². The summed E-state index contributed by atoms with van der Waals surface area (Å²) in [4.78, 5) is 15.7. The van der Waals surface area contributed by atoms with Gasteiger partial charge in [0.2, 0.25) is 0 Å². The van der Waals surface area contributed by atoms with E-state index in [0.29, 0.717) is 12.5 Å². The van der Waals surface area contributed by atoms with Crippen molar-refractivity contribution in [3.63, 3.8) is 0 Å². The largest absolute Gasteiger partial charge is 0.466 e. The quantitative estimate of drug-likeness (QED) is 0.845. The molecule has 27 heavy (non-hydrogen) atoms. The molecule has 0 bridgehead atoms. The Kier molecular flexibility index (Phi) is 6.21. The standard InChI is InChI=1S/C20H31N5O2/c1-15(19-7-6-16(2)27-19)8-11-24-9-5-10-25-18(14-24)12-17(22-25)13-21-20(26)23(3)4/h6-7,12,15H,5,8-11,13-14H2,1-4H3,(H,21,26). The van der Waals surface area contributed by atoms with Crippen LogP contribution in [0.25, 0.3) is 0 Å². The predicted molar refractivity (Wildman–Crippen MR) is 105 cm³/mol. The summed E-state index contributed by atoms with van der Waals surface area (Å²) >= 11 is 0. The Bertz CT molecular complexity index is 764. The van der Waals surface area contributed by atoms with Gasteiger partial charge in [-0.3, -0.25) is 9.58 Å². The van der Waals surface area contributed by atoms with Gasteiger partial charge >= 0.3 is 6.03 Å². The van der Waals surface area contributed by atoms with Gasteiger partial charge in [-0.2, -0.15) is 5.10 Å². The molecule has 7 nitrogen and oxygen atoms in total. The number of hydrogen-bond donors (Lipinski definition) is 1. The van der Waals surface area contributed by atoms with Crippen LogP contribution < -0.4 is 5.32 Å². The third kappa shape index (κ3) is 5.13.